The van der Waals surface area contributed by atoms with Crippen LogP contribution in [0.5, 0.6) is 0 Å². The predicted molar refractivity (Wildman–Crippen MR) is 111 cm³/mol. The van der Waals surface area contributed by atoms with Gasteiger partial charge in [0.1, 0.15) is 0 Å². The molecule has 0 radical (unpaired) electrons. The molecule has 0 aromatic heterocycles. The summed E-state index contributed by atoms with van der Waals surface area (Å²) in [5.41, 5.74) is 1.38. The molecule has 0 bridgehead atoms. The number of nitrogens with one attached hydrogen (secondary N) is 1. The smallest absolute Gasteiger partial charge is 0.225 e. The van der Waals surface area contributed by atoms with Gasteiger partial charge >= 0.3 is 0 Å². The number of amides is 2. The first kappa shape index (κ1) is 18.7. The van der Waals surface area contributed by atoms with E-state index in [0.29, 0.717) is 18.2 Å². The molecule has 2 aliphatic heterocycles. The molecule has 3 aliphatic rings. The van der Waals surface area contributed by atoms with E-state index in [4.69, 9.17) is 0 Å². The van der Waals surface area contributed by atoms with E-state index in [9.17, 15) is 9.59 Å². The zero-order chi connectivity index (χ0) is 19.2. The number of likely N-dealkylation sites (tertiary alicyclic amines) is 1. The summed E-state index contributed by atoms with van der Waals surface area (Å²) >= 11 is 0. The molecule has 4 rings (SSSR count). The van der Waals surface area contributed by atoms with E-state index in [1.165, 1.54) is 10.8 Å². The summed E-state index contributed by atoms with van der Waals surface area (Å²) in [6, 6.07) is 9.27. The van der Waals surface area contributed by atoms with E-state index < -0.39 is 8.07 Å². The largest absolute Gasteiger partial charge is 0.351 e. The van der Waals surface area contributed by atoms with Gasteiger partial charge in [-0.15, -0.1) is 0 Å². The summed E-state index contributed by atoms with van der Waals surface area (Å²) in [7, 11) is -1.24. The number of hydrogen-bond donors (Lipinski definition) is 1. The third-order valence-electron chi connectivity index (χ3n) is 6.91. The van der Waals surface area contributed by atoms with Gasteiger partial charge in [-0.3, -0.25) is 9.59 Å². The van der Waals surface area contributed by atoms with Gasteiger partial charge in [0.25, 0.3) is 0 Å². The number of hydrogen-bond acceptors (Lipinski definition) is 2. The lowest BCUT2D eigenvalue weighted by Crippen LogP contribution is -2.57. The molecule has 3 fully saturated rings. The first-order chi connectivity index (χ1) is 12.8. The fourth-order valence-corrected chi connectivity index (χ4v) is 6.25. The molecule has 27 heavy (non-hydrogen) atoms. The lowest BCUT2D eigenvalue weighted by atomic mass is 9.67. The lowest BCUT2D eigenvalue weighted by Gasteiger charge is -2.46. The Morgan fingerprint density at radius 1 is 1.11 bits per heavy atom. The Morgan fingerprint density at radius 2 is 1.74 bits per heavy atom. The van der Waals surface area contributed by atoms with Gasteiger partial charge < -0.3 is 10.2 Å². The van der Waals surface area contributed by atoms with Crippen LogP contribution in [0.1, 0.15) is 50.0 Å². The molecule has 146 valence electrons. The minimum absolute atomic E-state index is 0.0478. The average Bonchev–Trinajstić information content (AvgIpc) is 3.02. The van der Waals surface area contributed by atoms with Crippen molar-refractivity contribution < 1.29 is 9.59 Å². The minimum Gasteiger partial charge on any atom is -0.351 e. The maximum absolute atomic E-state index is 12.8. The molecule has 1 spiro atoms. The molecule has 2 heterocycles. The third kappa shape index (κ3) is 3.71. The van der Waals surface area contributed by atoms with Gasteiger partial charge in [0.05, 0.1) is 8.07 Å². The van der Waals surface area contributed by atoms with Crippen LogP contribution in [0, 0.1) is 5.92 Å². The highest BCUT2D eigenvalue weighted by Crippen LogP contribution is 2.45. The monoisotopic (exact) mass is 384 g/mol. The zero-order valence-electron chi connectivity index (χ0n) is 16.9. The molecule has 0 atom stereocenters. The number of carbonyl (C=O) groups is 2. The van der Waals surface area contributed by atoms with E-state index >= 15 is 0 Å². The van der Waals surface area contributed by atoms with Crippen molar-refractivity contribution in [2.75, 3.05) is 13.1 Å². The van der Waals surface area contributed by atoms with Gasteiger partial charge in [0.15, 0.2) is 0 Å². The summed E-state index contributed by atoms with van der Waals surface area (Å²) in [6.07, 6.45) is 5.35. The summed E-state index contributed by atoms with van der Waals surface area (Å²) in [6.45, 7) is 8.89. The molecule has 1 aromatic rings. The van der Waals surface area contributed by atoms with Crippen molar-refractivity contribution >= 4 is 25.1 Å². The van der Waals surface area contributed by atoms with Crippen LogP contribution < -0.4 is 10.5 Å². The standard InChI is InChI=1S/C22H32N2O2Si/c1-27(2,3)19-6-4-16(5-7-19)17-9-12-24(13-10-17)21(26)18-14-22(15-18)11-8-20(25)23-22/h4-7,17-18H,8-15H2,1-3H3,(H,23,25)/t18-,22+. The van der Waals surface area contributed by atoms with Crippen molar-refractivity contribution in [3.8, 4) is 0 Å². The topological polar surface area (TPSA) is 49.4 Å². The highest BCUT2D eigenvalue weighted by atomic mass is 28.3. The van der Waals surface area contributed by atoms with Crippen molar-refractivity contribution in [1.29, 1.82) is 0 Å². The molecule has 0 unspecified atom stereocenters. The van der Waals surface area contributed by atoms with Crippen LogP contribution in [0.4, 0.5) is 0 Å². The maximum atomic E-state index is 12.8. The van der Waals surface area contributed by atoms with Crippen molar-refractivity contribution in [2.24, 2.45) is 5.92 Å². The number of benzene rings is 1. The van der Waals surface area contributed by atoms with Crippen molar-refractivity contribution in [3.63, 3.8) is 0 Å². The Kier molecular flexibility index (Phi) is 4.69. The number of nitrogens with zero attached hydrogens (tertiary/aromatic N) is 1. The Bertz CT molecular complexity index is 724. The molecular weight excluding hydrogens is 352 g/mol. The van der Waals surface area contributed by atoms with E-state index in [1.54, 1.807) is 0 Å². The summed E-state index contributed by atoms with van der Waals surface area (Å²) < 4.78 is 0. The first-order valence-electron chi connectivity index (χ1n) is 10.5. The molecular formula is C22H32N2O2Si. The molecule has 5 heteroatoms. The molecule has 4 nitrogen and oxygen atoms in total. The first-order valence-corrected chi connectivity index (χ1v) is 14.0. The average molecular weight is 385 g/mol. The van der Waals surface area contributed by atoms with Crippen LogP contribution in [0.2, 0.25) is 19.6 Å². The number of piperidine rings is 1. The second-order valence-electron chi connectivity index (χ2n) is 9.91. The Labute approximate surface area is 163 Å². The van der Waals surface area contributed by atoms with Gasteiger partial charge in [0, 0.05) is 31.0 Å². The van der Waals surface area contributed by atoms with Crippen LogP contribution in [-0.2, 0) is 9.59 Å². The number of rotatable bonds is 3. The van der Waals surface area contributed by atoms with Crippen LogP contribution >= 0.6 is 0 Å². The maximum Gasteiger partial charge on any atom is 0.225 e. The quantitative estimate of drug-likeness (QED) is 0.815. The lowest BCUT2D eigenvalue weighted by molar-refractivity contribution is -0.142. The van der Waals surface area contributed by atoms with Gasteiger partial charge in [-0.05, 0) is 43.6 Å². The zero-order valence-corrected chi connectivity index (χ0v) is 17.9. The highest BCUT2D eigenvalue weighted by molar-refractivity contribution is 6.88. The van der Waals surface area contributed by atoms with Gasteiger partial charge in [-0.2, -0.15) is 0 Å². The van der Waals surface area contributed by atoms with Crippen LogP contribution in [-0.4, -0.2) is 43.4 Å². The molecule has 2 amide bonds. The highest BCUT2D eigenvalue weighted by Gasteiger charge is 2.51. The Hall–Kier alpha value is -1.62. The van der Waals surface area contributed by atoms with Crippen molar-refractivity contribution in [2.45, 2.75) is 69.6 Å². The third-order valence-corrected chi connectivity index (χ3v) is 8.98. The summed E-state index contributed by atoms with van der Waals surface area (Å²) in [5, 5.41) is 4.60. The van der Waals surface area contributed by atoms with Gasteiger partial charge in [-0.25, -0.2) is 0 Å². The van der Waals surface area contributed by atoms with E-state index in [-0.39, 0.29) is 17.4 Å². The molecule has 1 N–H and O–H groups in total. The SMILES string of the molecule is C[Si](C)(C)c1ccc(C2CCN(C(=O)[C@H]3C[C@]4(CCC(=O)N4)C3)CC2)cc1. The molecule has 1 aliphatic carbocycles. The van der Waals surface area contributed by atoms with E-state index in [1.807, 2.05) is 0 Å². The van der Waals surface area contributed by atoms with Crippen LogP contribution in [0.3, 0.4) is 0 Å². The summed E-state index contributed by atoms with van der Waals surface area (Å²) in [4.78, 5) is 26.4. The minimum atomic E-state index is -1.24. The Balaban J connectivity index is 1.29. The predicted octanol–water partition coefficient (Wildman–Crippen LogP) is 3.00. The van der Waals surface area contributed by atoms with Crippen molar-refractivity contribution in [1.82, 2.24) is 10.2 Å². The molecule has 1 aromatic carbocycles. The van der Waals surface area contributed by atoms with E-state index in [2.05, 4.69) is 54.1 Å². The molecule has 2 saturated heterocycles. The number of carbonyl (C=O) groups excluding carboxylic acids is 2. The molecule has 1 saturated carbocycles. The fraction of sp³-hybridized carbons (Fsp3) is 0.636. The fourth-order valence-electron chi connectivity index (χ4n) is 5.08. The Morgan fingerprint density at radius 3 is 2.26 bits per heavy atom. The van der Waals surface area contributed by atoms with Gasteiger partial charge in [-0.1, -0.05) is 49.1 Å². The second kappa shape index (κ2) is 6.76. The summed E-state index contributed by atoms with van der Waals surface area (Å²) in [5.74, 6) is 1.17. The van der Waals surface area contributed by atoms with E-state index in [0.717, 1.165) is 45.2 Å². The van der Waals surface area contributed by atoms with Crippen molar-refractivity contribution in [3.05, 3.63) is 29.8 Å². The second-order valence-corrected chi connectivity index (χ2v) is 15.0. The normalized spacial score (nSPS) is 28.9. The van der Waals surface area contributed by atoms with Crippen LogP contribution in [0.15, 0.2) is 24.3 Å². The van der Waals surface area contributed by atoms with Crippen LogP contribution in [0.25, 0.3) is 0 Å². The van der Waals surface area contributed by atoms with Gasteiger partial charge in [0.2, 0.25) is 11.8 Å².